The van der Waals surface area contributed by atoms with E-state index >= 15 is 0 Å². The fourth-order valence-electron chi connectivity index (χ4n) is 1.80. The molecule has 1 heterocycles. The molecular formula is C15H17N3O2. The summed E-state index contributed by atoms with van der Waals surface area (Å²) < 4.78 is 5.08. The van der Waals surface area contributed by atoms with Crippen molar-refractivity contribution in [2.45, 2.75) is 12.8 Å². The lowest BCUT2D eigenvalue weighted by Gasteiger charge is -2.08. The molecule has 0 aliphatic carbocycles. The molecule has 0 unspecified atom stereocenters. The molecular weight excluding hydrogens is 254 g/mol. The molecule has 0 aliphatic rings. The summed E-state index contributed by atoms with van der Waals surface area (Å²) in [6, 6.07) is 11.0. The van der Waals surface area contributed by atoms with E-state index in [2.05, 4.69) is 10.3 Å². The van der Waals surface area contributed by atoms with Crippen molar-refractivity contribution >= 4 is 17.3 Å². The maximum atomic E-state index is 11.9. The van der Waals surface area contributed by atoms with Crippen molar-refractivity contribution < 1.29 is 9.53 Å². The van der Waals surface area contributed by atoms with E-state index in [0.29, 0.717) is 24.4 Å². The number of hydrogen-bond donors (Lipinski definition) is 2. The van der Waals surface area contributed by atoms with Gasteiger partial charge >= 0.3 is 0 Å². The molecule has 0 atom stereocenters. The molecule has 0 aliphatic heterocycles. The topological polar surface area (TPSA) is 77.2 Å². The molecule has 2 rings (SSSR count). The third-order valence-corrected chi connectivity index (χ3v) is 2.86. The summed E-state index contributed by atoms with van der Waals surface area (Å²) in [6.07, 6.45) is 2.67. The number of aryl methyl sites for hydroxylation is 1. The first-order valence-corrected chi connectivity index (χ1v) is 6.32. The summed E-state index contributed by atoms with van der Waals surface area (Å²) in [5.74, 6) is 0.335. The van der Waals surface area contributed by atoms with E-state index in [1.807, 2.05) is 24.3 Å². The lowest BCUT2D eigenvalue weighted by molar-refractivity contribution is -0.116. The number of hydrogen-bond acceptors (Lipinski definition) is 4. The van der Waals surface area contributed by atoms with Gasteiger partial charge in [-0.2, -0.15) is 0 Å². The first kappa shape index (κ1) is 13.9. The molecule has 5 heteroatoms. The van der Waals surface area contributed by atoms with E-state index in [4.69, 9.17) is 10.5 Å². The van der Waals surface area contributed by atoms with E-state index in [1.165, 1.54) is 7.11 Å². The molecule has 0 spiro atoms. The Morgan fingerprint density at radius 1 is 1.30 bits per heavy atom. The second-order valence-electron chi connectivity index (χ2n) is 4.35. The Balaban J connectivity index is 1.91. The van der Waals surface area contributed by atoms with Crippen molar-refractivity contribution in [2.75, 3.05) is 18.2 Å². The first-order chi connectivity index (χ1) is 9.69. The van der Waals surface area contributed by atoms with E-state index in [-0.39, 0.29) is 5.91 Å². The predicted octanol–water partition coefficient (Wildman–Crippen LogP) is 2.24. The summed E-state index contributed by atoms with van der Waals surface area (Å²) in [5, 5.41) is 2.79. The average Bonchev–Trinajstić information content (AvgIpc) is 2.47. The van der Waals surface area contributed by atoms with Crippen LogP contribution in [0.15, 0.2) is 42.6 Å². The number of rotatable bonds is 5. The molecule has 0 radical (unpaired) electrons. The minimum atomic E-state index is -0.0758. The zero-order chi connectivity index (χ0) is 14.4. The molecule has 1 aromatic heterocycles. The van der Waals surface area contributed by atoms with Crippen LogP contribution in [0.2, 0.25) is 0 Å². The number of anilines is 2. The quantitative estimate of drug-likeness (QED) is 0.818. The second-order valence-corrected chi connectivity index (χ2v) is 4.35. The highest BCUT2D eigenvalue weighted by Gasteiger charge is 2.08. The number of amides is 1. The van der Waals surface area contributed by atoms with Gasteiger partial charge in [0, 0.05) is 18.3 Å². The highest BCUT2D eigenvalue weighted by atomic mass is 16.5. The monoisotopic (exact) mass is 271 g/mol. The summed E-state index contributed by atoms with van der Waals surface area (Å²) in [4.78, 5) is 15.9. The lowest BCUT2D eigenvalue weighted by atomic mass is 10.1. The number of nitrogens with one attached hydrogen (secondary N) is 1. The van der Waals surface area contributed by atoms with Crippen molar-refractivity contribution in [2.24, 2.45) is 0 Å². The van der Waals surface area contributed by atoms with Gasteiger partial charge in [-0.3, -0.25) is 4.79 Å². The highest BCUT2D eigenvalue weighted by molar-refractivity contribution is 5.91. The maximum absolute atomic E-state index is 11.9. The Labute approximate surface area is 117 Å². The summed E-state index contributed by atoms with van der Waals surface area (Å²) in [5.41, 5.74) is 7.99. The zero-order valence-electron chi connectivity index (χ0n) is 11.3. The zero-order valence-corrected chi connectivity index (χ0v) is 11.3. The number of aromatic nitrogens is 1. The van der Waals surface area contributed by atoms with E-state index < -0.39 is 0 Å². The number of nitrogens with two attached hydrogens (primary N) is 1. The summed E-state index contributed by atoms with van der Waals surface area (Å²) in [6.45, 7) is 0. The van der Waals surface area contributed by atoms with Gasteiger partial charge in [0.2, 0.25) is 11.8 Å². The van der Waals surface area contributed by atoms with Crippen molar-refractivity contribution in [1.82, 2.24) is 4.98 Å². The van der Waals surface area contributed by atoms with Crippen molar-refractivity contribution in [1.29, 1.82) is 0 Å². The number of nitrogens with zero attached hydrogens (tertiary/aromatic N) is 1. The van der Waals surface area contributed by atoms with Crippen molar-refractivity contribution in [3.63, 3.8) is 0 Å². The normalized spacial score (nSPS) is 10.1. The number of ether oxygens (including phenoxy) is 1. The molecule has 104 valence electrons. The van der Waals surface area contributed by atoms with Gasteiger partial charge in [0.15, 0.2) is 0 Å². The van der Waals surface area contributed by atoms with Crippen LogP contribution < -0.4 is 15.8 Å². The van der Waals surface area contributed by atoms with Crippen LogP contribution in [0, 0.1) is 0 Å². The minimum absolute atomic E-state index is 0.0758. The van der Waals surface area contributed by atoms with Crippen LogP contribution in [0.3, 0.4) is 0 Å². The molecule has 1 amide bonds. The number of pyridine rings is 1. The van der Waals surface area contributed by atoms with Crippen LogP contribution >= 0.6 is 0 Å². The van der Waals surface area contributed by atoms with Crippen LogP contribution in [0.5, 0.6) is 5.88 Å². The van der Waals surface area contributed by atoms with Crippen LogP contribution in [0.4, 0.5) is 11.4 Å². The fourth-order valence-corrected chi connectivity index (χ4v) is 1.80. The number of carbonyl (C=O) groups excluding carboxylic acids is 1. The van der Waals surface area contributed by atoms with E-state index in [9.17, 15) is 4.79 Å². The van der Waals surface area contributed by atoms with Crippen LogP contribution in [-0.4, -0.2) is 18.0 Å². The molecule has 0 saturated heterocycles. The lowest BCUT2D eigenvalue weighted by Crippen LogP contribution is -2.13. The smallest absolute Gasteiger partial charge is 0.237 e. The molecule has 20 heavy (non-hydrogen) atoms. The Morgan fingerprint density at radius 2 is 2.05 bits per heavy atom. The van der Waals surface area contributed by atoms with Gasteiger partial charge in [-0.05, 0) is 36.2 Å². The molecule has 0 fully saturated rings. The maximum Gasteiger partial charge on any atom is 0.237 e. The van der Waals surface area contributed by atoms with Crippen molar-refractivity contribution in [3.8, 4) is 5.88 Å². The van der Waals surface area contributed by atoms with E-state index in [0.717, 1.165) is 11.3 Å². The predicted molar refractivity (Wildman–Crippen MR) is 78.6 cm³/mol. The van der Waals surface area contributed by atoms with Crippen LogP contribution in [0.25, 0.3) is 0 Å². The van der Waals surface area contributed by atoms with Gasteiger partial charge in [0.1, 0.15) is 5.69 Å². The standard InChI is InChI=1S/C15H17N3O2/c1-20-15-13(3-2-10-17-15)18-14(19)9-6-11-4-7-12(16)8-5-11/h2-5,7-8,10H,6,9,16H2,1H3,(H,18,19). The molecule has 2 aromatic rings. The number of benzene rings is 1. The summed E-state index contributed by atoms with van der Waals surface area (Å²) in [7, 11) is 1.52. The van der Waals surface area contributed by atoms with E-state index in [1.54, 1.807) is 18.3 Å². The van der Waals surface area contributed by atoms with Gasteiger partial charge in [-0.15, -0.1) is 0 Å². The molecule has 0 bridgehead atoms. The second kappa shape index (κ2) is 6.56. The number of carbonyl (C=O) groups is 1. The first-order valence-electron chi connectivity index (χ1n) is 6.32. The van der Waals surface area contributed by atoms with Crippen LogP contribution in [-0.2, 0) is 11.2 Å². The van der Waals surface area contributed by atoms with Crippen LogP contribution in [0.1, 0.15) is 12.0 Å². The molecule has 1 aromatic carbocycles. The van der Waals surface area contributed by atoms with Gasteiger partial charge < -0.3 is 15.8 Å². The SMILES string of the molecule is COc1ncccc1NC(=O)CCc1ccc(N)cc1. The van der Waals surface area contributed by atoms with Gasteiger partial charge in [-0.25, -0.2) is 4.98 Å². The van der Waals surface area contributed by atoms with Crippen molar-refractivity contribution in [3.05, 3.63) is 48.2 Å². The Kier molecular flexibility index (Phi) is 4.55. The summed E-state index contributed by atoms with van der Waals surface area (Å²) >= 11 is 0. The molecule has 3 N–H and O–H groups in total. The Morgan fingerprint density at radius 3 is 2.75 bits per heavy atom. The Hall–Kier alpha value is -2.56. The van der Waals surface area contributed by atoms with Gasteiger partial charge in [0.25, 0.3) is 0 Å². The molecule has 0 saturated carbocycles. The average molecular weight is 271 g/mol. The largest absolute Gasteiger partial charge is 0.480 e. The third-order valence-electron chi connectivity index (χ3n) is 2.86. The molecule has 5 nitrogen and oxygen atoms in total. The number of methoxy groups -OCH3 is 1. The third kappa shape index (κ3) is 3.71. The Bertz CT molecular complexity index is 582. The highest BCUT2D eigenvalue weighted by Crippen LogP contribution is 2.20. The fraction of sp³-hybridized carbons (Fsp3) is 0.200. The number of nitrogen functional groups attached to an aromatic ring is 1. The van der Waals surface area contributed by atoms with Gasteiger partial charge in [-0.1, -0.05) is 12.1 Å². The van der Waals surface area contributed by atoms with Gasteiger partial charge in [0.05, 0.1) is 7.11 Å². The minimum Gasteiger partial charge on any atom is -0.480 e.